The van der Waals surface area contributed by atoms with Gasteiger partial charge in [-0.2, -0.15) is 5.10 Å². The standard InChI is InChI=1S/C14H19ClN4OS/c1-5-11-12(21-10(4)17-11)6-16-13(20)7-19-9(3)14(15)8(2)18-19/h5-7H2,1-4H3,(H,16,20). The second kappa shape index (κ2) is 6.58. The third-order valence-electron chi connectivity index (χ3n) is 3.25. The molecule has 2 rings (SSSR count). The second-order valence-corrected chi connectivity index (χ2v) is 6.54. The predicted molar refractivity (Wildman–Crippen MR) is 84.8 cm³/mol. The van der Waals surface area contributed by atoms with Crippen molar-refractivity contribution in [2.45, 2.75) is 47.2 Å². The molecule has 1 amide bonds. The van der Waals surface area contributed by atoms with E-state index in [2.05, 4.69) is 22.3 Å². The maximum Gasteiger partial charge on any atom is 0.242 e. The number of hydrogen-bond donors (Lipinski definition) is 1. The smallest absolute Gasteiger partial charge is 0.242 e. The first-order valence-electron chi connectivity index (χ1n) is 6.83. The molecule has 21 heavy (non-hydrogen) atoms. The van der Waals surface area contributed by atoms with Crippen LogP contribution < -0.4 is 5.32 Å². The summed E-state index contributed by atoms with van der Waals surface area (Å²) in [4.78, 5) is 17.6. The number of thiazole rings is 1. The number of carbonyl (C=O) groups is 1. The molecule has 2 heterocycles. The fraction of sp³-hybridized carbons (Fsp3) is 0.500. The molecule has 0 fully saturated rings. The minimum absolute atomic E-state index is 0.0784. The average Bonchev–Trinajstić information content (AvgIpc) is 2.92. The summed E-state index contributed by atoms with van der Waals surface area (Å²) in [6.07, 6.45) is 0.878. The van der Waals surface area contributed by atoms with E-state index in [4.69, 9.17) is 11.6 Å². The molecule has 7 heteroatoms. The van der Waals surface area contributed by atoms with E-state index in [1.54, 1.807) is 16.0 Å². The molecule has 0 saturated heterocycles. The minimum atomic E-state index is -0.0784. The summed E-state index contributed by atoms with van der Waals surface area (Å²) in [5.74, 6) is -0.0784. The quantitative estimate of drug-likeness (QED) is 0.919. The van der Waals surface area contributed by atoms with Crippen molar-refractivity contribution in [3.05, 3.63) is 32.0 Å². The highest BCUT2D eigenvalue weighted by Gasteiger charge is 2.13. The normalized spacial score (nSPS) is 10.9. The molecular formula is C14H19ClN4OS. The first kappa shape index (κ1) is 16.0. The van der Waals surface area contributed by atoms with Crippen LogP contribution in [0.5, 0.6) is 0 Å². The first-order valence-corrected chi connectivity index (χ1v) is 8.03. The van der Waals surface area contributed by atoms with Crippen LogP contribution in [0, 0.1) is 20.8 Å². The Morgan fingerprint density at radius 2 is 2.10 bits per heavy atom. The van der Waals surface area contributed by atoms with Crippen molar-refractivity contribution in [3.8, 4) is 0 Å². The molecule has 114 valence electrons. The van der Waals surface area contributed by atoms with Gasteiger partial charge in [-0.3, -0.25) is 9.48 Å². The largest absolute Gasteiger partial charge is 0.350 e. The molecule has 0 aliphatic rings. The molecule has 0 aliphatic heterocycles. The zero-order chi connectivity index (χ0) is 15.6. The van der Waals surface area contributed by atoms with Gasteiger partial charge in [-0.25, -0.2) is 4.98 Å². The van der Waals surface area contributed by atoms with Gasteiger partial charge in [0.15, 0.2) is 0 Å². The van der Waals surface area contributed by atoms with Crippen LogP contribution in [0.4, 0.5) is 0 Å². The Morgan fingerprint density at radius 1 is 1.38 bits per heavy atom. The predicted octanol–water partition coefficient (Wildman–Crippen LogP) is 2.80. The lowest BCUT2D eigenvalue weighted by Gasteiger charge is -2.06. The van der Waals surface area contributed by atoms with E-state index >= 15 is 0 Å². The third-order valence-corrected chi connectivity index (χ3v) is 4.81. The van der Waals surface area contributed by atoms with Gasteiger partial charge in [0.25, 0.3) is 0 Å². The molecule has 0 saturated carbocycles. The Labute approximate surface area is 133 Å². The minimum Gasteiger partial charge on any atom is -0.350 e. The van der Waals surface area contributed by atoms with Crippen LogP contribution in [-0.2, 0) is 24.3 Å². The lowest BCUT2D eigenvalue weighted by molar-refractivity contribution is -0.122. The van der Waals surface area contributed by atoms with Crippen LogP contribution >= 0.6 is 22.9 Å². The highest BCUT2D eigenvalue weighted by molar-refractivity contribution is 7.11. The van der Waals surface area contributed by atoms with E-state index in [1.165, 1.54) is 0 Å². The monoisotopic (exact) mass is 326 g/mol. The Kier molecular flexibility index (Phi) is 5.00. The number of hydrogen-bond acceptors (Lipinski definition) is 4. The van der Waals surface area contributed by atoms with Gasteiger partial charge in [0, 0.05) is 4.88 Å². The van der Waals surface area contributed by atoms with E-state index in [1.807, 2.05) is 20.8 Å². The van der Waals surface area contributed by atoms with Crippen LogP contribution in [0.15, 0.2) is 0 Å². The average molecular weight is 327 g/mol. The summed E-state index contributed by atoms with van der Waals surface area (Å²) in [5, 5.41) is 8.82. The number of carbonyl (C=O) groups excluding carboxylic acids is 1. The molecule has 0 atom stereocenters. The first-order chi connectivity index (χ1) is 9.92. The van der Waals surface area contributed by atoms with Crippen molar-refractivity contribution in [2.24, 2.45) is 0 Å². The summed E-state index contributed by atoms with van der Waals surface area (Å²) >= 11 is 7.70. The van der Waals surface area contributed by atoms with Crippen molar-refractivity contribution in [2.75, 3.05) is 0 Å². The molecule has 2 aromatic heterocycles. The Hall–Kier alpha value is -1.40. The SMILES string of the molecule is CCc1nc(C)sc1CNC(=O)Cn1nc(C)c(Cl)c1C. The van der Waals surface area contributed by atoms with Crippen LogP contribution in [0.1, 0.15) is 33.9 Å². The van der Waals surface area contributed by atoms with E-state index in [-0.39, 0.29) is 12.5 Å². The molecule has 0 bridgehead atoms. The fourth-order valence-electron chi connectivity index (χ4n) is 2.13. The number of aryl methyl sites for hydroxylation is 3. The molecule has 0 spiro atoms. The van der Waals surface area contributed by atoms with Gasteiger partial charge >= 0.3 is 0 Å². The molecule has 5 nitrogen and oxygen atoms in total. The number of nitrogens with zero attached hydrogens (tertiary/aromatic N) is 3. The lowest BCUT2D eigenvalue weighted by Crippen LogP contribution is -2.28. The molecular weight excluding hydrogens is 308 g/mol. The number of rotatable bonds is 5. The highest BCUT2D eigenvalue weighted by atomic mass is 35.5. The molecule has 0 unspecified atom stereocenters. The van der Waals surface area contributed by atoms with Gasteiger partial charge in [-0.05, 0) is 27.2 Å². The van der Waals surface area contributed by atoms with Gasteiger partial charge in [0.2, 0.25) is 5.91 Å². The van der Waals surface area contributed by atoms with Crippen LogP contribution in [-0.4, -0.2) is 20.7 Å². The molecule has 2 aromatic rings. The number of halogens is 1. The maximum atomic E-state index is 12.0. The summed E-state index contributed by atoms with van der Waals surface area (Å²) in [5.41, 5.74) is 2.62. The number of aromatic nitrogens is 3. The van der Waals surface area contributed by atoms with Crippen molar-refractivity contribution >= 4 is 28.8 Å². The van der Waals surface area contributed by atoms with Gasteiger partial charge < -0.3 is 5.32 Å². The van der Waals surface area contributed by atoms with Crippen molar-refractivity contribution in [1.29, 1.82) is 0 Å². The Morgan fingerprint density at radius 3 is 2.67 bits per heavy atom. The van der Waals surface area contributed by atoms with E-state index < -0.39 is 0 Å². The van der Waals surface area contributed by atoms with E-state index in [0.717, 1.165) is 33.4 Å². The molecule has 1 N–H and O–H groups in total. The van der Waals surface area contributed by atoms with E-state index in [9.17, 15) is 4.79 Å². The van der Waals surface area contributed by atoms with Crippen molar-refractivity contribution < 1.29 is 4.79 Å². The lowest BCUT2D eigenvalue weighted by atomic mass is 10.3. The van der Waals surface area contributed by atoms with Crippen LogP contribution in [0.3, 0.4) is 0 Å². The molecule has 0 aliphatic carbocycles. The van der Waals surface area contributed by atoms with Gasteiger partial charge in [-0.1, -0.05) is 18.5 Å². The molecule has 0 aromatic carbocycles. The summed E-state index contributed by atoms with van der Waals surface area (Å²) in [7, 11) is 0. The third kappa shape index (κ3) is 3.63. The van der Waals surface area contributed by atoms with Crippen LogP contribution in [0.2, 0.25) is 5.02 Å². The number of nitrogens with one attached hydrogen (secondary N) is 1. The van der Waals surface area contributed by atoms with E-state index in [0.29, 0.717) is 11.6 Å². The fourth-order valence-corrected chi connectivity index (χ4v) is 3.23. The molecule has 0 radical (unpaired) electrons. The van der Waals surface area contributed by atoms with Crippen molar-refractivity contribution in [3.63, 3.8) is 0 Å². The summed E-state index contributed by atoms with van der Waals surface area (Å²) in [6, 6.07) is 0. The van der Waals surface area contributed by atoms with Crippen LogP contribution in [0.25, 0.3) is 0 Å². The summed E-state index contributed by atoms with van der Waals surface area (Å²) in [6.45, 7) is 8.43. The van der Waals surface area contributed by atoms with Gasteiger partial charge in [-0.15, -0.1) is 11.3 Å². The second-order valence-electron chi connectivity index (χ2n) is 4.88. The highest BCUT2D eigenvalue weighted by Crippen LogP contribution is 2.19. The number of amides is 1. The van der Waals surface area contributed by atoms with Gasteiger partial charge in [0.1, 0.15) is 6.54 Å². The van der Waals surface area contributed by atoms with Crippen molar-refractivity contribution in [1.82, 2.24) is 20.1 Å². The topological polar surface area (TPSA) is 59.8 Å². The Bertz CT molecular complexity index is 662. The Balaban J connectivity index is 1.97. The zero-order valence-corrected chi connectivity index (χ0v) is 14.2. The van der Waals surface area contributed by atoms with Gasteiger partial charge in [0.05, 0.1) is 33.7 Å². The maximum absolute atomic E-state index is 12.0. The summed E-state index contributed by atoms with van der Waals surface area (Å²) < 4.78 is 1.63. The zero-order valence-electron chi connectivity index (χ0n) is 12.7.